The third-order valence-electron chi connectivity index (χ3n) is 4.76. The molecule has 0 aliphatic carbocycles. The highest BCUT2D eigenvalue weighted by molar-refractivity contribution is 6.34. The number of aromatic nitrogens is 2. The molecule has 0 bridgehead atoms. The molecule has 0 spiro atoms. The van der Waals surface area contributed by atoms with Crippen LogP contribution in [0.25, 0.3) is 0 Å². The zero-order chi connectivity index (χ0) is 20.2. The third kappa shape index (κ3) is 4.66. The van der Waals surface area contributed by atoms with E-state index in [4.69, 9.17) is 11.6 Å². The van der Waals surface area contributed by atoms with Crippen LogP contribution in [0, 0.1) is 6.92 Å². The van der Waals surface area contributed by atoms with Crippen LogP contribution in [-0.4, -0.2) is 29.0 Å². The molecule has 7 heteroatoms. The number of benzene rings is 2. The first-order chi connectivity index (χ1) is 14.1. The maximum atomic E-state index is 12.4. The summed E-state index contributed by atoms with van der Waals surface area (Å²) in [7, 11) is 0. The quantitative estimate of drug-likeness (QED) is 0.620. The molecule has 148 valence electrons. The fourth-order valence-electron chi connectivity index (χ4n) is 3.30. The fraction of sp³-hybridized carbons (Fsp3) is 0.227. The number of carbonyl (C=O) groups excluding carboxylic acids is 1. The number of aryl methyl sites for hydroxylation is 1. The van der Waals surface area contributed by atoms with Gasteiger partial charge >= 0.3 is 0 Å². The van der Waals surface area contributed by atoms with Crippen LogP contribution in [-0.2, 0) is 0 Å². The van der Waals surface area contributed by atoms with Gasteiger partial charge in [-0.05, 0) is 56.2 Å². The molecule has 6 nitrogen and oxygen atoms in total. The van der Waals surface area contributed by atoms with E-state index in [0.29, 0.717) is 16.3 Å². The molecule has 1 fully saturated rings. The van der Waals surface area contributed by atoms with Crippen molar-refractivity contribution >= 4 is 40.6 Å². The zero-order valence-corrected chi connectivity index (χ0v) is 16.9. The molecular weight excluding hydrogens is 386 g/mol. The maximum Gasteiger partial charge on any atom is 0.257 e. The topological polar surface area (TPSA) is 70.2 Å². The molecule has 2 N–H and O–H groups in total. The minimum Gasteiger partial charge on any atom is -0.341 e. The Morgan fingerprint density at radius 1 is 1.00 bits per heavy atom. The largest absolute Gasteiger partial charge is 0.341 e. The van der Waals surface area contributed by atoms with E-state index in [0.717, 1.165) is 36.2 Å². The molecule has 4 rings (SSSR count). The van der Waals surface area contributed by atoms with Crippen LogP contribution in [0.4, 0.5) is 23.1 Å². The summed E-state index contributed by atoms with van der Waals surface area (Å²) in [4.78, 5) is 23.8. The van der Waals surface area contributed by atoms with Crippen LogP contribution >= 0.6 is 11.6 Å². The Morgan fingerprint density at radius 2 is 1.69 bits per heavy atom. The van der Waals surface area contributed by atoms with Gasteiger partial charge in [0.25, 0.3) is 5.91 Å². The SMILES string of the molecule is Cc1cc(Nc2ccc(NC(=O)c3ccccc3Cl)cc2)nc(N2CCCC2)n1. The molecule has 1 aromatic heterocycles. The van der Waals surface area contributed by atoms with E-state index in [1.165, 1.54) is 12.8 Å². The lowest BCUT2D eigenvalue weighted by Gasteiger charge is -2.17. The summed E-state index contributed by atoms with van der Waals surface area (Å²) in [6, 6.07) is 16.4. The van der Waals surface area contributed by atoms with Gasteiger partial charge in [-0.3, -0.25) is 4.79 Å². The van der Waals surface area contributed by atoms with Gasteiger partial charge in [0.05, 0.1) is 10.6 Å². The van der Waals surface area contributed by atoms with Crippen molar-refractivity contribution < 1.29 is 4.79 Å². The van der Waals surface area contributed by atoms with E-state index in [-0.39, 0.29) is 5.91 Å². The average molecular weight is 408 g/mol. The predicted octanol–water partition coefficient (Wildman–Crippen LogP) is 5.03. The summed E-state index contributed by atoms with van der Waals surface area (Å²) < 4.78 is 0. The van der Waals surface area contributed by atoms with Crippen LogP contribution in [0.5, 0.6) is 0 Å². The molecule has 2 heterocycles. The number of rotatable bonds is 5. The fourth-order valence-corrected chi connectivity index (χ4v) is 3.53. The second-order valence-corrected chi connectivity index (χ2v) is 7.43. The van der Waals surface area contributed by atoms with Gasteiger partial charge in [-0.1, -0.05) is 23.7 Å². The van der Waals surface area contributed by atoms with Gasteiger partial charge in [0.1, 0.15) is 5.82 Å². The van der Waals surface area contributed by atoms with Crippen LogP contribution < -0.4 is 15.5 Å². The van der Waals surface area contributed by atoms with Crippen molar-refractivity contribution in [1.29, 1.82) is 0 Å². The molecule has 0 atom stereocenters. The Morgan fingerprint density at radius 3 is 2.41 bits per heavy atom. The van der Waals surface area contributed by atoms with E-state index >= 15 is 0 Å². The smallest absolute Gasteiger partial charge is 0.257 e. The van der Waals surface area contributed by atoms with Gasteiger partial charge in [0.15, 0.2) is 0 Å². The third-order valence-corrected chi connectivity index (χ3v) is 5.09. The van der Waals surface area contributed by atoms with Crippen molar-refractivity contribution in [2.45, 2.75) is 19.8 Å². The number of hydrogen-bond acceptors (Lipinski definition) is 5. The average Bonchev–Trinajstić information content (AvgIpc) is 3.24. The van der Waals surface area contributed by atoms with Crippen molar-refractivity contribution in [3.63, 3.8) is 0 Å². The van der Waals surface area contributed by atoms with Crippen molar-refractivity contribution in [2.75, 3.05) is 28.6 Å². The summed E-state index contributed by atoms with van der Waals surface area (Å²) in [6.07, 6.45) is 2.36. The molecule has 1 saturated heterocycles. The number of halogens is 1. The minimum absolute atomic E-state index is 0.238. The monoisotopic (exact) mass is 407 g/mol. The Hall–Kier alpha value is -3.12. The van der Waals surface area contributed by atoms with E-state index in [2.05, 4.69) is 25.5 Å². The number of nitrogens with one attached hydrogen (secondary N) is 2. The second-order valence-electron chi connectivity index (χ2n) is 7.03. The molecular formula is C22H22ClN5O. The normalized spacial score (nSPS) is 13.4. The lowest BCUT2D eigenvalue weighted by molar-refractivity contribution is 0.102. The maximum absolute atomic E-state index is 12.4. The zero-order valence-electron chi connectivity index (χ0n) is 16.2. The summed E-state index contributed by atoms with van der Waals surface area (Å²) in [5, 5.41) is 6.61. The summed E-state index contributed by atoms with van der Waals surface area (Å²) >= 11 is 6.09. The van der Waals surface area contributed by atoms with Gasteiger partial charge in [0.2, 0.25) is 5.95 Å². The number of anilines is 4. The van der Waals surface area contributed by atoms with Crippen LogP contribution in [0.1, 0.15) is 28.9 Å². The Balaban J connectivity index is 1.45. The molecule has 0 saturated carbocycles. The highest BCUT2D eigenvalue weighted by atomic mass is 35.5. The van der Waals surface area contributed by atoms with Gasteiger partial charge in [-0.15, -0.1) is 0 Å². The Kier molecular flexibility index (Phi) is 5.62. The molecule has 1 aliphatic rings. The van der Waals surface area contributed by atoms with Gasteiger partial charge in [-0.25, -0.2) is 4.98 Å². The molecule has 3 aromatic rings. The van der Waals surface area contributed by atoms with Crippen LogP contribution in [0.3, 0.4) is 0 Å². The van der Waals surface area contributed by atoms with Gasteiger partial charge in [0, 0.05) is 36.2 Å². The first kappa shape index (κ1) is 19.2. The lowest BCUT2D eigenvalue weighted by Crippen LogP contribution is -2.21. The molecule has 29 heavy (non-hydrogen) atoms. The van der Waals surface area contributed by atoms with Crippen molar-refractivity contribution in [3.8, 4) is 0 Å². The predicted molar refractivity (Wildman–Crippen MR) is 117 cm³/mol. The highest BCUT2D eigenvalue weighted by Gasteiger charge is 2.16. The highest BCUT2D eigenvalue weighted by Crippen LogP contribution is 2.23. The second kappa shape index (κ2) is 8.49. The summed E-state index contributed by atoms with van der Waals surface area (Å²) in [5.41, 5.74) is 2.94. The van der Waals surface area contributed by atoms with Crippen molar-refractivity contribution in [1.82, 2.24) is 9.97 Å². The minimum atomic E-state index is -0.238. The summed E-state index contributed by atoms with van der Waals surface area (Å²) in [5.74, 6) is 1.29. The van der Waals surface area contributed by atoms with Crippen LogP contribution in [0.15, 0.2) is 54.6 Å². The Labute approximate surface area is 174 Å². The number of hydrogen-bond donors (Lipinski definition) is 2. The van der Waals surface area contributed by atoms with Gasteiger partial charge in [-0.2, -0.15) is 4.98 Å². The van der Waals surface area contributed by atoms with Crippen molar-refractivity contribution in [2.24, 2.45) is 0 Å². The van der Waals surface area contributed by atoms with E-state index in [1.54, 1.807) is 24.3 Å². The van der Waals surface area contributed by atoms with E-state index < -0.39 is 0 Å². The molecule has 0 unspecified atom stereocenters. The van der Waals surface area contributed by atoms with Crippen LogP contribution in [0.2, 0.25) is 5.02 Å². The number of amides is 1. The van der Waals surface area contributed by atoms with E-state index in [9.17, 15) is 4.79 Å². The van der Waals surface area contributed by atoms with Crippen molar-refractivity contribution in [3.05, 3.63) is 70.9 Å². The first-order valence-corrected chi connectivity index (χ1v) is 10.00. The molecule has 0 radical (unpaired) electrons. The molecule has 2 aromatic carbocycles. The Bertz CT molecular complexity index is 1020. The number of nitrogens with zero attached hydrogens (tertiary/aromatic N) is 3. The number of carbonyl (C=O) groups is 1. The first-order valence-electron chi connectivity index (χ1n) is 9.62. The van der Waals surface area contributed by atoms with Gasteiger partial charge < -0.3 is 15.5 Å². The molecule has 1 amide bonds. The summed E-state index contributed by atoms with van der Waals surface area (Å²) in [6.45, 7) is 3.98. The lowest BCUT2D eigenvalue weighted by atomic mass is 10.2. The van der Waals surface area contributed by atoms with E-state index in [1.807, 2.05) is 37.3 Å². The standard InChI is InChI=1S/C22H22ClN5O/c1-15-14-20(27-22(24-15)28-12-4-5-13-28)25-16-8-10-17(11-9-16)26-21(29)18-6-2-3-7-19(18)23/h2-3,6-11,14H,4-5,12-13H2,1H3,(H,26,29)(H,24,25,27). The molecule has 1 aliphatic heterocycles.